The van der Waals surface area contributed by atoms with Crippen LogP contribution in [0.15, 0.2) is 18.2 Å². The van der Waals surface area contributed by atoms with Crippen LogP contribution in [0.1, 0.15) is 5.56 Å². The van der Waals surface area contributed by atoms with Crippen LogP contribution >= 0.6 is 34.8 Å². The Hall–Kier alpha value is -1.05. The lowest BCUT2D eigenvalue weighted by Crippen LogP contribution is -2.21. The van der Waals surface area contributed by atoms with Crippen LogP contribution in [-0.4, -0.2) is 23.6 Å². The normalized spacial score (nSPS) is 12.0. The molecule has 0 aromatic heterocycles. The smallest absolute Gasteiger partial charge is 0.416 e. The quantitative estimate of drug-likeness (QED) is 0.793. The van der Waals surface area contributed by atoms with Crippen LogP contribution in [0.25, 0.3) is 0 Å². The van der Waals surface area contributed by atoms with Crippen LogP contribution in [0.3, 0.4) is 0 Å². The zero-order valence-corrected chi connectivity index (χ0v) is 12.7. The molecule has 0 fully saturated rings. The first-order valence-electron chi connectivity index (χ1n) is 5.28. The maximum Gasteiger partial charge on any atom is 0.416 e. The minimum atomic E-state index is -4.57. The highest BCUT2D eigenvalue weighted by atomic mass is 35.6. The Labute approximate surface area is 133 Å². The molecule has 1 aromatic rings. The molecule has 0 atom stereocenters. The summed E-state index contributed by atoms with van der Waals surface area (Å²) in [5.74, 6) is 0.0221. The largest absolute Gasteiger partial charge is 0.495 e. The lowest BCUT2D eigenvalue weighted by molar-refractivity contribution is -0.137. The van der Waals surface area contributed by atoms with Gasteiger partial charge >= 0.3 is 12.3 Å². The first kappa shape index (κ1) is 18.0. The van der Waals surface area contributed by atoms with Crippen LogP contribution in [-0.2, 0) is 10.9 Å². The molecule has 0 heterocycles. The zero-order chi connectivity index (χ0) is 16.3. The summed E-state index contributed by atoms with van der Waals surface area (Å²) in [6.45, 7) is -0.565. The molecular weight excluding hydrogens is 357 g/mol. The Morgan fingerprint density at radius 3 is 2.38 bits per heavy atom. The third kappa shape index (κ3) is 6.07. The number of ether oxygens (including phenoxy) is 2. The number of carbonyl (C=O) groups is 1. The van der Waals surface area contributed by atoms with Crippen LogP contribution in [0.5, 0.6) is 5.75 Å². The summed E-state index contributed by atoms with van der Waals surface area (Å²) in [6, 6.07) is 2.58. The summed E-state index contributed by atoms with van der Waals surface area (Å²) in [6.07, 6.45) is -5.65. The lowest BCUT2D eigenvalue weighted by atomic mass is 10.2. The first-order chi connectivity index (χ1) is 9.53. The highest BCUT2D eigenvalue weighted by molar-refractivity contribution is 6.67. The van der Waals surface area contributed by atoms with E-state index in [1.807, 2.05) is 0 Å². The van der Waals surface area contributed by atoms with Gasteiger partial charge in [-0.05, 0) is 18.2 Å². The van der Waals surface area contributed by atoms with Gasteiger partial charge in [-0.1, -0.05) is 34.8 Å². The molecule has 118 valence electrons. The van der Waals surface area contributed by atoms with Crippen LogP contribution in [0.4, 0.5) is 23.7 Å². The summed E-state index contributed by atoms with van der Waals surface area (Å²) in [5.41, 5.74) is -1.18. The third-order valence-corrected chi connectivity index (χ3v) is 2.46. The standard InChI is InChI=1S/C11H9Cl3F3NO3/c1-20-8-3-2-6(11(15,16)17)4-7(8)18-9(19)21-5-10(12,13)14/h2-4H,5H2,1H3,(H,18,19). The van der Waals surface area contributed by atoms with Crippen LogP contribution in [0, 0.1) is 0 Å². The highest BCUT2D eigenvalue weighted by Gasteiger charge is 2.31. The van der Waals surface area contributed by atoms with Gasteiger partial charge in [0, 0.05) is 0 Å². The third-order valence-electron chi connectivity index (χ3n) is 2.13. The van der Waals surface area contributed by atoms with Crippen molar-refractivity contribution in [2.45, 2.75) is 9.97 Å². The lowest BCUT2D eigenvalue weighted by Gasteiger charge is -2.15. The number of benzene rings is 1. The van der Waals surface area contributed by atoms with Gasteiger partial charge in [-0.2, -0.15) is 13.2 Å². The number of halogens is 6. The molecule has 0 bridgehead atoms. The number of rotatable bonds is 3. The van der Waals surface area contributed by atoms with Crippen molar-refractivity contribution in [3.8, 4) is 5.75 Å². The van der Waals surface area contributed by atoms with E-state index in [2.05, 4.69) is 10.1 Å². The molecule has 0 aliphatic rings. The molecule has 0 aliphatic carbocycles. The van der Waals surface area contributed by atoms with Gasteiger partial charge in [0.15, 0.2) is 0 Å². The van der Waals surface area contributed by atoms with Gasteiger partial charge in [0.2, 0.25) is 3.79 Å². The Morgan fingerprint density at radius 2 is 1.90 bits per heavy atom. The monoisotopic (exact) mass is 365 g/mol. The van der Waals surface area contributed by atoms with Gasteiger partial charge in [-0.3, -0.25) is 5.32 Å². The molecule has 10 heteroatoms. The maximum absolute atomic E-state index is 12.6. The Bertz CT molecular complexity index is 518. The number of hydrogen-bond acceptors (Lipinski definition) is 3. The second kappa shape index (κ2) is 6.81. The van der Waals surface area contributed by atoms with E-state index < -0.39 is 28.2 Å². The number of hydrogen-bond donors (Lipinski definition) is 1. The SMILES string of the molecule is COc1ccc(C(F)(F)F)cc1NC(=O)OCC(Cl)(Cl)Cl. The molecule has 1 aromatic carbocycles. The Balaban J connectivity index is 2.88. The predicted molar refractivity (Wildman–Crippen MR) is 73.3 cm³/mol. The van der Waals surface area contributed by atoms with Gasteiger partial charge in [-0.25, -0.2) is 4.79 Å². The fourth-order valence-corrected chi connectivity index (χ4v) is 1.44. The molecule has 0 unspecified atom stereocenters. The molecule has 1 rings (SSSR count). The molecule has 1 N–H and O–H groups in total. The first-order valence-corrected chi connectivity index (χ1v) is 6.42. The van der Waals surface area contributed by atoms with Gasteiger partial charge in [-0.15, -0.1) is 0 Å². The molecule has 0 spiro atoms. The van der Waals surface area contributed by atoms with Gasteiger partial charge in [0.25, 0.3) is 0 Å². The fourth-order valence-electron chi connectivity index (χ4n) is 1.28. The Morgan fingerprint density at radius 1 is 1.29 bits per heavy atom. The van der Waals surface area contributed by atoms with Crippen molar-refractivity contribution in [3.05, 3.63) is 23.8 Å². The second-order valence-corrected chi connectivity index (χ2v) is 6.25. The minimum absolute atomic E-state index is 0.0221. The van der Waals surface area contributed by atoms with Crippen molar-refractivity contribution >= 4 is 46.6 Å². The van der Waals surface area contributed by atoms with Gasteiger partial charge in [0.05, 0.1) is 18.4 Å². The number of carbonyl (C=O) groups excluding carboxylic acids is 1. The number of nitrogens with one attached hydrogen (secondary N) is 1. The van der Waals surface area contributed by atoms with E-state index in [1.165, 1.54) is 7.11 Å². The summed E-state index contributed by atoms with van der Waals surface area (Å²) in [5, 5.41) is 2.08. The van der Waals surface area contributed by atoms with E-state index in [0.717, 1.165) is 12.1 Å². The highest BCUT2D eigenvalue weighted by Crippen LogP contribution is 2.35. The second-order valence-electron chi connectivity index (χ2n) is 3.73. The zero-order valence-electron chi connectivity index (χ0n) is 10.4. The van der Waals surface area contributed by atoms with Crippen molar-refractivity contribution < 1.29 is 27.4 Å². The summed E-state index contributed by atoms with van der Waals surface area (Å²) in [4.78, 5) is 11.4. The number of amides is 1. The fraction of sp³-hybridized carbons (Fsp3) is 0.364. The van der Waals surface area contributed by atoms with E-state index in [1.54, 1.807) is 0 Å². The van der Waals surface area contributed by atoms with Crippen molar-refractivity contribution in [1.29, 1.82) is 0 Å². The molecule has 21 heavy (non-hydrogen) atoms. The van der Waals surface area contributed by atoms with Crippen LogP contribution in [0.2, 0.25) is 0 Å². The molecule has 0 saturated carbocycles. The number of alkyl halides is 6. The summed E-state index contributed by atoms with van der Waals surface area (Å²) in [7, 11) is 1.24. The molecule has 4 nitrogen and oxygen atoms in total. The topological polar surface area (TPSA) is 47.6 Å². The van der Waals surface area contributed by atoms with Gasteiger partial charge < -0.3 is 9.47 Å². The van der Waals surface area contributed by atoms with E-state index >= 15 is 0 Å². The van der Waals surface area contributed by atoms with Gasteiger partial charge in [0.1, 0.15) is 12.4 Å². The summed E-state index contributed by atoms with van der Waals surface area (Å²) < 4.78 is 45.4. The summed E-state index contributed by atoms with van der Waals surface area (Å²) >= 11 is 16.1. The molecule has 0 aliphatic heterocycles. The molecule has 1 amide bonds. The molecule has 0 radical (unpaired) electrons. The Kier molecular flexibility index (Phi) is 5.83. The van der Waals surface area contributed by atoms with E-state index in [-0.39, 0.29) is 11.4 Å². The maximum atomic E-state index is 12.6. The van der Waals surface area contributed by atoms with E-state index in [9.17, 15) is 18.0 Å². The number of methoxy groups -OCH3 is 1. The number of anilines is 1. The molecule has 0 saturated heterocycles. The van der Waals surface area contributed by atoms with E-state index in [0.29, 0.717) is 6.07 Å². The van der Waals surface area contributed by atoms with Crippen molar-refractivity contribution in [3.63, 3.8) is 0 Å². The minimum Gasteiger partial charge on any atom is -0.495 e. The van der Waals surface area contributed by atoms with E-state index in [4.69, 9.17) is 39.5 Å². The molecular formula is C11H9Cl3F3NO3. The predicted octanol–water partition coefficient (Wildman–Crippen LogP) is 4.63. The average molecular weight is 367 g/mol. The van der Waals surface area contributed by atoms with Crippen molar-refractivity contribution in [1.82, 2.24) is 0 Å². The van der Waals surface area contributed by atoms with Crippen LogP contribution < -0.4 is 10.1 Å². The van der Waals surface area contributed by atoms with Crippen molar-refractivity contribution in [2.24, 2.45) is 0 Å². The van der Waals surface area contributed by atoms with Crippen molar-refractivity contribution in [2.75, 3.05) is 19.0 Å². The average Bonchev–Trinajstić information content (AvgIpc) is 2.34.